The van der Waals surface area contributed by atoms with Crippen molar-refractivity contribution in [3.05, 3.63) is 187 Å². The summed E-state index contributed by atoms with van der Waals surface area (Å²) in [5.41, 5.74) is 5.99. The van der Waals surface area contributed by atoms with Crippen LogP contribution >= 0.6 is 0 Å². The van der Waals surface area contributed by atoms with Crippen LogP contribution < -0.4 is 20.7 Å². The molecule has 0 N–H and O–H groups in total. The number of nitriles is 3. The zero-order valence-electron chi connectivity index (χ0n) is 27.0. The lowest BCUT2D eigenvalue weighted by atomic mass is 9.96. The fourth-order valence-corrected chi connectivity index (χ4v) is 12.8. The van der Waals surface area contributed by atoms with Crippen LogP contribution in [0.5, 0.6) is 0 Å². The number of para-hydroxylation sites is 1. The Morgan fingerprint density at radius 1 is 0.440 bits per heavy atom. The summed E-state index contributed by atoms with van der Waals surface area (Å²) in [5, 5.41) is 37.9. The number of aromatic nitrogens is 1. The van der Waals surface area contributed by atoms with Crippen molar-refractivity contribution in [3.63, 3.8) is 0 Å². The van der Waals surface area contributed by atoms with Gasteiger partial charge in [0.1, 0.15) is 0 Å². The molecule has 5 heteroatoms. The van der Waals surface area contributed by atoms with Crippen molar-refractivity contribution in [2.24, 2.45) is 0 Å². The van der Waals surface area contributed by atoms with E-state index in [9.17, 15) is 15.8 Å². The van der Waals surface area contributed by atoms with Crippen LogP contribution in [0.1, 0.15) is 16.7 Å². The SMILES string of the molecule is N#Cc1ccc2c(c1)c1ccccc1n2-c1cccc(C#N)c1-c1cccc(C#N)c1[Si](c1ccccc1)(c1ccccc1)c1ccccc1. The highest BCUT2D eigenvalue weighted by molar-refractivity contribution is 7.20. The molecule has 0 radical (unpaired) electrons. The molecule has 1 aromatic heterocycles. The van der Waals surface area contributed by atoms with Gasteiger partial charge in [0.2, 0.25) is 0 Å². The van der Waals surface area contributed by atoms with E-state index in [-0.39, 0.29) is 0 Å². The van der Waals surface area contributed by atoms with Gasteiger partial charge < -0.3 is 4.57 Å². The third-order valence-electron chi connectivity index (χ3n) is 9.66. The van der Waals surface area contributed by atoms with Crippen LogP contribution in [0, 0.1) is 34.0 Å². The van der Waals surface area contributed by atoms with E-state index in [1.807, 2.05) is 72.8 Å². The summed E-state index contributed by atoms with van der Waals surface area (Å²) in [6, 6.07) is 64.7. The number of benzene rings is 7. The van der Waals surface area contributed by atoms with Gasteiger partial charge in [-0.05, 0) is 68.8 Å². The van der Waals surface area contributed by atoms with E-state index < -0.39 is 8.07 Å². The Labute approximate surface area is 291 Å². The van der Waals surface area contributed by atoms with E-state index in [1.54, 1.807) is 0 Å². The first-order chi connectivity index (χ1) is 24.7. The average Bonchev–Trinajstić information content (AvgIpc) is 3.52. The summed E-state index contributed by atoms with van der Waals surface area (Å²) >= 11 is 0. The van der Waals surface area contributed by atoms with Crippen molar-refractivity contribution in [3.8, 4) is 35.0 Å². The zero-order chi connectivity index (χ0) is 34.1. The Kier molecular flexibility index (Phi) is 7.63. The number of nitrogens with zero attached hydrogens (tertiary/aromatic N) is 4. The van der Waals surface area contributed by atoms with Gasteiger partial charge in [0, 0.05) is 16.3 Å². The second-order valence-corrected chi connectivity index (χ2v) is 15.9. The summed E-state index contributed by atoms with van der Waals surface area (Å²) in [4.78, 5) is 0. The van der Waals surface area contributed by atoms with Crippen LogP contribution in [0.3, 0.4) is 0 Å². The van der Waals surface area contributed by atoms with E-state index >= 15 is 0 Å². The lowest BCUT2D eigenvalue weighted by Gasteiger charge is -2.37. The quantitative estimate of drug-likeness (QED) is 0.138. The molecule has 8 aromatic rings. The number of rotatable bonds is 6. The molecular formula is C45H28N4Si. The maximum Gasteiger partial charge on any atom is 0.181 e. The molecular weight excluding hydrogens is 625 g/mol. The Hall–Kier alpha value is -6.97. The summed E-state index contributed by atoms with van der Waals surface area (Å²) in [6.45, 7) is 0. The molecule has 7 aromatic carbocycles. The average molecular weight is 653 g/mol. The Morgan fingerprint density at radius 3 is 1.58 bits per heavy atom. The van der Waals surface area contributed by atoms with E-state index in [2.05, 4.69) is 120 Å². The standard InChI is InChI=1S/C45H28N4Si/c46-29-32-26-27-42-40(28-32)38-22-10-11-24-41(38)49(42)43-25-13-14-33(30-47)44(43)39-23-12-15-34(31-48)45(39)50(35-16-4-1-5-17-35,36-18-6-2-7-19-36)37-20-8-3-9-21-37/h1-28H. The predicted octanol–water partition coefficient (Wildman–Crippen LogP) is 7.44. The molecule has 0 saturated heterocycles. The van der Waals surface area contributed by atoms with E-state index in [1.165, 1.54) is 0 Å². The Morgan fingerprint density at radius 2 is 0.980 bits per heavy atom. The van der Waals surface area contributed by atoms with Crippen LogP contribution in [0.2, 0.25) is 0 Å². The molecule has 4 nitrogen and oxygen atoms in total. The maximum atomic E-state index is 11.0. The van der Waals surface area contributed by atoms with Crippen LogP contribution in [-0.4, -0.2) is 12.6 Å². The van der Waals surface area contributed by atoms with Crippen molar-refractivity contribution in [1.29, 1.82) is 15.8 Å². The highest BCUT2D eigenvalue weighted by Gasteiger charge is 2.45. The number of hydrogen-bond acceptors (Lipinski definition) is 3. The van der Waals surface area contributed by atoms with Crippen LogP contribution in [-0.2, 0) is 0 Å². The Bertz CT molecular complexity index is 2580. The number of fused-ring (bicyclic) bond motifs is 3. The van der Waals surface area contributed by atoms with Gasteiger partial charge in [0.15, 0.2) is 8.07 Å². The summed E-state index contributed by atoms with van der Waals surface area (Å²) in [7, 11) is -3.23. The minimum Gasteiger partial charge on any atom is -0.309 e. The first-order valence-electron chi connectivity index (χ1n) is 16.4. The molecule has 0 amide bonds. The second-order valence-electron chi connectivity index (χ2n) is 12.2. The molecule has 0 aliphatic heterocycles. The van der Waals surface area contributed by atoms with Gasteiger partial charge in [-0.1, -0.05) is 127 Å². The van der Waals surface area contributed by atoms with Crippen molar-refractivity contribution < 1.29 is 0 Å². The summed E-state index contributed by atoms with van der Waals surface area (Å²) in [5.74, 6) is 0. The summed E-state index contributed by atoms with van der Waals surface area (Å²) in [6.07, 6.45) is 0. The van der Waals surface area contributed by atoms with Crippen molar-refractivity contribution in [2.75, 3.05) is 0 Å². The Balaban J connectivity index is 1.58. The predicted molar refractivity (Wildman–Crippen MR) is 204 cm³/mol. The van der Waals surface area contributed by atoms with Crippen molar-refractivity contribution in [1.82, 2.24) is 4.57 Å². The third-order valence-corrected chi connectivity index (χ3v) is 14.5. The molecule has 0 aliphatic rings. The molecule has 0 fully saturated rings. The molecule has 232 valence electrons. The number of hydrogen-bond donors (Lipinski definition) is 0. The zero-order valence-corrected chi connectivity index (χ0v) is 28.0. The molecule has 1 heterocycles. The minimum atomic E-state index is -3.23. The molecule has 50 heavy (non-hydrogen) atoms. The molecule has 0 saturated carbocycles. The largest absolute Gasteiger partial charge is 0.309 e. The van der Waals surface area contributed by atoms with Crippen molar-refractivity contribution >= 4 is 50.6 Å². The molecule has 0 aliphatic carbocycles. The highest BCUT2D eigenvalue weighted by atomic mass is 28.3. The molecule has 8 rings (SSSR count). The van der Waals surface area contributed by atoms with Gasteiger partial charge in [0.25, 0.3) is 0 Å². The fourth-order valence-electron chi connectivity index (χ4n) is 7.66. The van der Waals surface area contributed by atoms with E-state index in [4.69, 9.17) is 0 Å². The van der Waals surface area contributed by atoms with Gasteiger partial charge in [-0.25, -0.2) is 0 Å². The molecule has 0 unspecified atom stereocenters. The molecule has 0 bridgehead atoms. The highest BCUT2D eigenvalue weighted by Crippen LogP contribution is 2.38. The van der Waals surface area contributed by atoms with Crippen molar-refractivity contribution in [2.45, 2.75) is 0 Å². The molecule has 0 spiro atoms. The third kappa shape index (κ3) is 4.64. The van der Waals surface area contributed by atoms with Gasteiger partial charge >= 0.3 is 0 Å². The first kappa shape index (κ1) is 30.4. The lowest BCUT2D eigenvalue weighted by Crippen LogP contribution is -2.75. The van der Waals surface area contributed by atoms with Gasteiger partial charge in [0.05, 0.1) is 51.6 Å². The van der Waals surface area contributed by atoms with E-state index in [0.29, 0.717) is 16.7 Å². The van der Waals surface area contributed by atoms with Gasteiger partial charge in [-0.15, -0.1) is 0 Å². The van der Waals surface area contributed by atoms with E-state index in [0.717, 1.165) is 59.4 Å². The van der Waals surface area contributed by atoms with Crippen LogP contribution in [0.25, 0.3) is 38.6 Å². The smallest absolute Gasteiger partial charge is 0.181 e. The molecule has 0 atom stereocenters. The monoisotopic (exact) mass is 652 g/mol. The fraction of sp³-hybridized carbons (Fsp3) is 0. The van der Waals surface area contributed by atoms with Crippen LogP contribution in [0.4, 0.5) is 0 Å². The lowest BCUT2D eigenvalue weighted by molar-refractivity contribution is 1.18. The van der Waals surface area contributed by atoms with Gasteiger partial charge in [-0.3, -0.25) is 0 Å². The van der Waals surface area contributed by atoms with Crippen LogP contribution in [0.15, 0.2) is 170 Å². The second kappa shape index (κ2) is 12.6. The van der Waals surface area contributed by atoms with Gasteiger partial charge in [-0.2, -0.15) is 15.8 Å². The first-order valence-corrected chi connectivity index (χ1v) is 18.4. The normalized spacial score (nSPS) is 11.1. The minimum absolute atomic E-state index is 0.510. The maximum absolute atomic E-state index is 11.0. The topological polar surface area (TPSA) is 76.3 Å². The summed E-state index contributed by atoms with van der Waals surface area (Å²) < 4.78 is 2.20.